The van der Waals surface area contributed by atoms with Crippen LogP contribution in [0.3, 0.4) is 0 Å². The molecule has 4 heteroatoms. The van der Waals surface area contributed by atoms with E-state index in [0.29, 0.717) is 12.0 Å². The van der Waals surface area contributed by atoms with Crippen molar-refractivity contribution in [2.24, 2.45) is 0 Å². The van der Waals surface area contributed by atoms with E-state index in [4.69, 9.17) is 0 Å². The van der Waals surface area contributed by atoms with Crippen molar-refractivity contribution in [3.05, 3.63) is 65.2 Å². The number of carbonyl (C=O) groups excluding carboxylic acids is 1. The molecule has 0 saturated carbocycles. The van der Waals surface area contributed by atoms with E-state index in [1.54, 1.807) is 11.8 Å². The van der Waals surface area contributed by atoms with Gasteiger partial charge in [-0.15, -0.1) is 11.8 Å². The smallest absolute Gasteiger partial charge is 0.252 e. The van der Waals surface area contributed by atoms with Crippen molar-refractivity contribution >= 4 is 17.7 Å². The Morgan fingerprint density at radius 1 is 1.19 bits per heavy atom. The Hall–Kier alpha value is -1.78. The molecule has 108 valence electrons. The minimum Gasteiger partial charge on any atom is -0.390 e. The van der Waals surface area contributed by atoms with Crippen LogP contribution in [0.1, 0.15) is 27.5 Å². The van der Waals surface area contributed by atoms with Gasteiger partial charge < -0.3 is 10.4 Å². The van der Waals surface area contributed by atoms with Crippen molar-refractivity contribution in [2.45, 2.75) is 23.5 Å². The maximum atomic E-state index is 12.5. The average molecular weight is 299 g/mol. The standard InChI is InChI=1S/C17H17NO2S/c1-21-15-9-5-4-8-13(15)17(20)18-16-12-7-3-2-6-11(12)10-14(16)19/h2-9,14,16,19H,10H2,1H3,(H,18,20). The van der Waals surface area contributed by atoms with Crippen LogP contribution in [0, 0.1) is 0 Å². The fourth-order valence-electron chi connectivity index (χ4n) is 2.80. The molecule has 2 N–H and O–H groups in total. The lowest BCUT2D eigenvalue weighted by Crippen LogP contribution is -2.34. The summed E-state index contributed by atoms with van der Waals surface area (Å²) in [6.07, 6.45) is 1.98. The van der Waals surface area contributed by atoms with Gasteiger partial charge in [0.15, 0.2) is 0 Å². The van der Waals surface area contributed by atoms with Gasteiger partial charge in [-0.25, -0.2) is 0 Å². The van der Waals surface area contributed by atoms with Crippen molar-refractivity contribution < 1.29 is 9.90 Å². The average Bonchev–Trinajstić information content (AvgIpc) is 2.83. The molecule has 1 aliphatic rings. The summed E-state index contributed by atoms with van der Waals surface area (Å²) in [5.74, 6) is -0.138. The first-order valence-corrected chi connectivity index (χ1v) is 8.13. The van der Waals surface area contributed by atoms with Gasteiger partial charge in [0.25, 0.3) is 5.91 Å². The second kappa shape index (κ2) is 5.92. The van der Waals surface area contributed by atoms with Crippen LogP contribution in [0.5, 0.6) is 0 Å². The van der Waals surface area contributed by atoms with Crippen LogP contribution in [-0.4, -0.2) is 23.4 Å². The van der Waals surface area contributed by atoms with Crippen molar-refractivity contribution in [3.63, 3.8) is 0 Å². The molecule has 2 aromatic rings. The minimum atomic E-state index is -0.562. The van der Waals surface area contributed by atoms with Crippen LogP contribution in [-0.2, 0) is 6.42 Å². The van der Waals surface area contributed by atoms with Crippen LogP contribution in [0.25, 0.3) is 0 Å². The molecule has 0 heterocycles. The molecule has 2 atom stereocenters. The molecule has 21 heavy (non-hydrogen) atoms. The third-order valence-corrected chi connectivity index (χ3v) is 4.64. The Labute approximate surface area is 128 Å². The van der Waals surface area contributed by atoms with Crippen molar-refractivity contribution in [3.8, 4) is 0 Å². The third kappa shape index (κ3) is 2.69. The monoisotopic (exact) mass is 299 g/mol. The Kier molecular flexibility index (Phi) is 3.99. The van der Waals surface area contributed by atoms with Gasteiger partial charge in [0.1, 0.15) is 0 Å². The molecule has 0 spiro atoms. The zero-order chi connectivity index (χ0) is 14.8. The molecule has 3 rings (SSSR count). The highest BCUT2D eigenvalue weighted by molar-refractivity contribution is 7.98. The number of hydrogen-bond acceptors (Lipinski definition) is 3. The minimum absolute atomic E-state index is 0.138. The van der Waals surface area contributed by atoms with E-state index in [-0.39, 0.29) is 11.9 Å². The highest BCUT2D eigenvalue weighted by atomic mass is 32.2. The van der Waals surface area contributed by atoms with Gasteiger partial charge in [-0.3, -0.25) is 4.79 Å². The van der Waals surface area contributed by atoms with Crippen molar-refractivity contribution in [1.29, 1.82) is 0 Å². The lowest BCUT2D eigenvalue weighted by molar-refractivity contribution is 0.0855. The van der Waals surface area contributed by atoms with E-state index in [1.807, 2.05) is 54.8 Å². The summed E-state index contributed by atoms with van der Waals surface area (Å²) in [6, 6.07) is 15.1. The van der Waals surface area contributed by atoms with Gasteiger partial charge in [-0.05, 0) is 29.5 Å². The Balaban J connectivity index is 1.85. The number of rotatable bonds is 3. The molecule has 0 aliphatic heterocycles. The van der Waals surface area contributed by atoms with E-state index < -0.39 is 6.10 Å². The lowest BCUT2D eigenvalue weighted by atomic mass is 10.1. The van der Waals surface area contributed by atoms with Gasteiger partial charge in [-0.1, -0.05) is 36.4 Å². The summed E-state index contributed by atoms with van der Waals surface area (Å²) in [5.41, 5.74) is 2.77. The number of benzene rings is 2. The van der Waals surface area contributed by atoms with Crippen LogP contribution < -0.4 is 5.32 Å². The van der Waals surface area contributed by atoms with E-state index >= 15 is 0 Å². The maximum absolute atomic E-state index is 12.5. The fraction of sp³-hybridized carbons (Fsp3) is 0.235. The Bertz CT molecular complexity index is 671. The number of carbonyl (C=O) groups is 1. The SMILES string of the molecule is CSc1ccccc1C(=O)NC1c2ccccc2CC1O. The summed E-state index contributed by atoms with van der Waals surface area (Å²) >= 11 is 1.54. The summed E-state index contributed by atoms with van der Waals surface area (Å²) < 4.78 is 0. The first kappa shape index (κ1) is 14.2. The van der Waals surface area contributed by atoms with E-state index in [9.17, 15) is 9.90 Å². The number of aliphatic hydroxyl groups is 1. The van der Waals surface area contributed by atoms with E-state index in [2.05, 4.69) is 5.32 Å². The van der Waals surface area contributed by atoms with Crippen molar-refractivity contribution in [2.75, 3.05) is 6.26 Å². The van der Waals surface area contributed by atoms with Gasteiger partial charge in [0, 0.05) is 11.3 Å². The summed E-state index contributed by atoms with van der Waals surface area (Å²) in [6.45, 7) is 0. The normalized spacial score (nSPS) is 20.1. The molecule has 2 unspecified atom stereocenters. The van der Waals surface area contributed by atoms with Crippen LogP contribution >= 0.6 is 11.8 Å². The van der Waals surface area contributed by atoms with Crippen LogP contribution in [0.15, 0.2) is 53.4 Å². The molecule has 1 amide bonds. The fourth-order valence-corrected chi connectivity index (χ4v) is 3.39. The zero-order valence-corrected chi connectivity index (χ0v) is 12.6. The van der Waals surface area contributed by atoms with Gasteiger partial charge >= 0.3 is 0 Å². The van der Waals surface area contributed by atoms with Gasteiger partial charge in [0.05, 0.1) is 17.7 Å². The molecule has 0 fully saturated rings. The summed E-state index contributed by atoms with van der Waals surface area (Å²) in [5, 5.41) is 13.2. The van der Waals surface area contributed by atoms with Gasteiger partial charge in [-0.2, -0.15) is 0 Å². The second-order valence-electron chi connectivity index (χ2n) is 5.12. The number of fused-ring (bicyclic) bond motifs is 1. The highest BCUT2D eigenvalue weighted by Crippen LogP contribution is 2.32. The highest BCUT2D eigenvalue weighted by Gasteiger charge is 2.32. The number of hydrogen-bond donors (Lipinski definition) is 2. The molecule has 0 radical (unpaired) electrons. The molecule has 0 saturated heterocycles. The lowest BCUT2D eigenvalue weighted by Gasteiger charge is -2.18. The van der Waals surface area contributed by atoms with E-state index in [1.165, 1.54) is 0 Å². The Morgan fingerprint density at radius 2 is 1.90 bits per heavy atom. The maximum Gasteiger partial charge on any atom is 0.252 e. The number of aliphatic hydroxyl groups excluding tert-OH is 1. The van der Waals surface area contributed by atoms with Gasteiger partial charge in [0.2, 0.25) is 0 Å². The molecular formula is C17H17NO2S. The van der Waals surface area contributed by atoms with E-state index in [0.717, 1.165) is 16.0 Å². The molecule has 3 nitrogen and oxygen atoms in total. The molecule has 0 aromatic heterocycles. The second-order valence-corrected chi connectivity index (χ2v) is 5.97. The molecular weight excluding hydrogens is 282 g/mol. The first-order chi connectivity index (χ1) is 10.2. The summed E-state index contributed by atoms with van der Waals surface area (Å²) in [4.78, 5) is 13.4. The summed E-state index contributed by atoms with van der Waals surface area (Å²) in [7, 11) is 0. The largest absolute Gasteiger partial charge is 0.390 e. The van der Waals surface area contributed by atoms with Crippen LogP contribution in [0.4, 0.5) is 0 Å². The zero-order valence-electron chi connectivity index (χ0n) is 11.7. The molecule has 0 bridgehead atoms. The number of thioether (sulfide) groups is 1. The third-order valence-electron chi connectivity index (χ3n) is 3.84. The first-order valence-electron chi connectivity index (χ1n) is 6.90. The topological polar surface area (TPSA) is 49.3 Å². The molecule has 2 aromatic carbocycles. The van der Waals surface area contributed by atoms with Crippen molar-refractivity contribution in [1.82, 2.24) is 5.32 Å². The molecule has 1 aliphatic carbocycles. The number of amides is 1. The number of nitrogens with one attached hydrogen (secondary N) is 1. The Morgan fingerprint density at radius 3 is 2.71 bits per heavy atom. The quantitative estimate of drug-likeness (QED) is 0.857. The predicted octanol–water partition coefficient (Wildman–Crippen LogP) is 2.80. The van der Waals surface area contributed by atoms with Crippen LogP contribution in [0.2, 0.25) is 0 Å². The predicted molar refractivity (Wildman–Crippen MR) is 84.6 cm³/mol.